The standard InChI is InChI=1S/C24H31FN2O3/c1-26(2)11-3-12-27-13-10-22(18-4-6-20(25)7-5-18)19(15-27)16-28-21-8-9-23-24(14-21)30-17-29-23/h4-9,14,19,22H,3,10-13,15-17H2,1-2H3/t19-,22-/m1/s1. The van der Waals surface area contributed by atoms with Crippen molar-refractivity contribution in [2.24, 2.45) is 5.92 Å². The van der Waals surface area contributed by atoms with Crippen LogP contribution in [0.5, 0.6) is 17.2 Å². The number of nitrogens with zero attached hydrogens (tertiary/aromatic N) is 2. The summed E-state index contributed by atoms with van der Waals surface area (Å²) in [5, 5.41) is 0. The molecule has 0 aromatic heterocycles. The predicted molar refractivity (Wildman–Crippen MR) is 115 cm³/mol. The van der Waals surface area contributed by atoms with E-state index in [1.807, 2.05) is 30.3 Å². The summed E-state index contributed by atoms with van der Waals surface area (Å²) in [6, 6.07) is 12.7. The third-order valence-corrected chi connectivity index (χ3v) is 6.00. The highest BCUT2D eigenvalue weighted by Crippen LogP contribution is 2.37. The smallest absolute Gasteiger partial charge is 0.231 e. The molecule has 0 unspecified atom stereocenters. The summed E-state index contributed by atoms with van der Waals surface area (Å²) in [4.78, 5) is 4.77. The molecule has 2 heterocycles. The van der Waals surface area contributed by atoms with Crippen LogP contribution in [-0.4, -0.2) is 63.5 Å². The van der Waals surface area contributed by atoms with E-state index in [9.17, 15) is 4.39 Å². The summed E-state index contributed by atoms with van der Waals surface area (Å²) in [6.07, 6.45) is 2.21. The van der Waals surface area contributed by atoms with E-state index in [4.69, 9.17) is 14.2 Å². The first-order valence-corrected chi connectivity index (χ1v) is 10.7. The van der Waals surface area contributed by atoms with Crippen molar-refractivity contribution in [3.8, 4) is 17.2 Å². The third kappa shape index (κ3) is 5.24. The average molecular weight is 415 g/mol. The van der Waals surface area contributed by atoms with Crippen LogP contribution in [-0.2, 0) is 0 Å². The summed E-state index contributed by atoms with van der Waals surface area (Å²) in [5.74, 6) is 2.81. The molecule has 4 rings (SSSR count). The van der Waals surface area contributed by atoms with Gasteiger partial charge in [-0.1, -0.05) is 12.1 Å². The lowest BCUT2D eigenvalue weighted by Crippen LogP contribution is -2.42. The highest BCUT2D eigenvalue weighted by Gasteiger charge is 2.31. The Balaban J connectivity index is 1.42. The third-order valence-electron chi connectivity index (χ3n) is 6.00. The fourth-order valence-electron chi connectivity index (χ4n) is 4.41. The molecule has 2 aromatic carbocycles. The van der Waals surface area contributed by atoms with Crippen LogP contribution in [0.25, 0.3) is 0 Å². The zero-order valence-electron chi connectivity index (χ0n) is 17.9. The Hall–Kier alpha value is -2.31. The fourth-order valence-corrected chi connectivity index (χ4v) is 4.41. The van der Waals surface area contributed by atoms with Gasteiger partial charge in [0.2, 0.25) is 6.79 Å². The van der Waals surface area contributed by atoms with Crippen molar-refractivity contribution in [3.05, 3.63) is 53.8 Å². The van der Waals surface area contributed by atoms with Gasteiger partial charge in [0.15, 0.2) is 11.5 Å². The first kappa shape index (κ1) is 20.9. The summed E-state index contributed by atoms with van der Waals surface area (Å²) in [7, 11) is 4.23. The van der Waals surface area contributed by atoms with Gasteiger partial charge in [-0.05, 0) is 82.3 Å². The second-order valence-electron chi connectivity index (χ2n) is 8.49. The van der Waals surface area contributed by atoms with Crippen LogP contribution in [0.1, 0.15) is 24.3 Å². The second-order valence-corrected chi connectivity index (χ2v) is 8.49. The van der Waals surface area contributed by atoms with Gasteiger partial charge in [-0.2, -0.15) is 0 Å². The maximum Gasteiger partial charge on any atom is 0.231 e. The van der Waals surface area contributed by atoms with E-state index in [0.717, 1.165) is 56.3 Å². The first-order chi connectivity index (χ1) is 14.6. The molecule has 6 heteroatoms. The molecule has 2 aromatic rings. The molecule has 1 saturated heterocycles. The molecule has 2 atom stereocenters. The molecule has 2 aliphatic rings. The molecule has 0 N–H and O–H groups in total. The van der Waals surface area contributed by atoms with E-state index in [2.05, 4.69) is 23.9 Å². The van der Waals surface area contributed by atoms with E-state index in [0.29, 0.717) is 18.4 Å². The molecule has 0 spiro atoms. The van der Waals surface area contributed by atoms with Crippen molar-refractivity contribution < 1.29 is 18.6 Å². The van der Waals surface area contributed by atoms with Crippen LogP contribution in [0, 0.1) is 11.7 Å². The van der Waals surface area contributed by atoms with E-state index in [-0.39, 0.29) is 12.6 Å². The molecule has 0 saturated carbocycles. The molecule has 5 nitrogen and oxygen atoms in total. The van der Waals surface area contributed by atoms with Crippen molar-refractivity contribution >= 4 is 0 Å². The van der Waals surface area contributed by atoms with Gasteiger partial charge in [0.05, 0.1) is 6.61 Å². The van der Waals surface area contributed by atoms with Gasteiger partial charge in [0.1, 0.15) is 11.6 Å². The molecule has 162 valence electrons. The molecule has 30 heavy (non-hydrogen) atoms. The van der Waals surface area contributed by atoms with Gasteiger partial charge >= 0.3 is 0 Å². The van der Waals surface area contributed by atoms with Crippen LogP contribution in [0.4, 0.5) is 4.39 Å². The summed E-state index contributed by atoms with van der Waals surface area (Å²) in [5.41, 5.74) is 1.20. The van der Waals surface area contributed by atoms with Crippen molar-refractivity contribution in [1.29, 1.82) is 0 Å². The van der Waals surface area contributed by atoms with E-state index in [1.54, 1.807) is 12.1 Å². The quantitative estimate of drug-likeness (QED) is 0.653. The average Bonchev–Trinajstić information content (AvgIpc) is 3.21. The SMILES string of the molecule is CN(C)CCCN1CC[C@H](c2ccc(F)cc2)[C@@H](COc2ccc3c(c2)OCO3)C1. The van der Waals surface area contributed by atoms with E-state index in [1.165, 1.54) is 5.56 Å². The predicted octanol–water partition coefficient (Wildman–Crippen LogP) is 3.99. The molecule has 0 radical (unpaired) electrons. The zero-order chi connectivity index (χ0) is 20.9. The zero-order valence-corrected chi connectivity index (χ0v) is 17.9. The minimum atomic E-state index is -0.187. The fraction of sp³-hybridized carbons (Fsp3) is 0.500. The second kappa shape index (κ2) is 9.67. The van der Waals surface area contributed by atoms with Gasteiger partial charge < -0.3 is 24.0 Å². The Morgan fingerprint density at radius 1 is 1.10 bits per heavy atom. The first-order valence-electron chi connectivity index (χ1n) is 10.7. The Bertz CT molecular complexity index is 828. The number of halogens is 1. The normalized spacial score (nSPS) is 21.2. The Kier molecular flexibility index (Phi) is 6.75. The number of hydrogen-bond donors (Lipinski definition) is 0. The molecule has 1 fully saturated rings. The van der Waals surface area contributed by atoms with Gasteiger partial charge in [-0.3, -0.25) is 0 Å². The Labute approximate surface area is 178 Å². The minimum absolute atomic E-state index is 0.187. The molecule has 0 amide bonds. The monoisotopic (exact) mass is 414 g/mol. The molecule has 0 aliphatic carbocycles. The number of fused-ring (bicyclic) bond motifs is 1. The van der Waals surface area contributed by atoms with Gasteiger partial charge in [0.25, 0.3) is 0 Å². The summed E-state index contributed by atoms with van der Waals surface area (Å²) in [6.45, 7) is 5.11. The summed E-state index contributed by atoms with van der Waals surface area (Å²) < 4.78 is 30.5. The van der Waals surface area contributed by atoms with Crippen LogP contribution < -0.4 is 14.2 Å². The highest BCUT2D eigenvalue weighted by atomic mass is 19.1. The number of piperidine rings is 1. The summed E-state index contributed by atoms with van der Waals surface area (Å²) >= 11 is 0. The van der Waals surface area contributed by atoms with Crippen molar-refractivity contribution in [2.75, 3.05) is 53.7 Å². The van der Waals surface area contributed by atoms with Gasteiger partial charge in [-0.25, -0.2) is 4.39 Å². The number of hydrogen-bond acceptors (Lipinski definition) is 5. The topological polar surface area (TPSA) is 34.2 Å². The number of rotatable bonds is 8. The van der Waals surface area contributed by atoms with Crippen molar-refractivity contribution in [3.63, 3.8) is 0 Å². The largest absolute Gasteiger partial charge is 0.493 e. The van der Waals surface area contributed by atoms with E-state index >= 15 is 0 Å². The van der Waals surface area contributed by atoms with Crippen molar-refractivity contribution in [1.82, 2.24) is 9.80 Å². The van der Waals surface area contributed by atoms with Gasteiger partial charge in [0, 0.05) is 18.5 Å². The van der Waals surface area contributed by atoms with Crippen LogP contribution in [0.2, 0.25) is 0 Å². The molecular formula is C24H31FN2O3. The van der Waals surface area contributed by atoms with Crippen molar-refractivity contribution in [2.45, 2.75) is 18.8 Å². The van der Waals surface area contributed by atoms with Gasteiger partial charge in [-0.15, -0.1) is 0 Å². The highest BCUT2D eigenvalue weighted by molar-refractivity contribution is 5.46. The van der Waals surface area contributed by atoms with Crippen LogP contribution in [0.15, 0.2) is 42.5 Å². The lowest BCUT2D eigenvalue weighted by atomic mass is 9.80. The Morgan fingerprint density at radius 2 is 1.90 bits per heavy atom. The Morgan fingerprint density at radius 3 is 2.70 bits per heavy atom. The van der Waals surface area contributed by atoms with Crippen LogP contribution >= 0.6 is 0 Å². The number of benzene rings is 2. The number of likely N-dealkylation sites (tertiary alicyclic amines) is 1. The molecule has 0 bridgehead atoms. The lowest BCUT2D eigenvalue weighted by Gasteiger charge is -2.39. The number of ether oxygens (including phenoxy) is 3. The molecule has 2 aliphatic heterocycles. The minimum Gasteiger partial charge on any atom is -0.493 e. The lowest BCUT2D eigenvalue weighted by molar-refractivity contribution is 0.108. The maximum atomic E-state index is 13.4. The maximum absolute atomic E-state index is 13.4. The van der Waals surface area contributed by atoms with E-state index < -0.39 is 0 Å². The van der Waals surface area contributed by atoms with Crippen LogP contribution in [0.3, 0.4) is 0 Å². The molecular weight excluding hydrogens is 383 g/mol.